The third-order valence-electron chi connectivity index (χ3n) is 7.21. The van der Waals surface area contributed by atoms with Crippen LogP contribution in [-0.4, -0.2) is 84.9 Å². The molecule has 1 atom stereocenters. The van der Waals surface area contributed by atoms with E-state index in [1.54, 1.807) is 26.2 Å². The summed E-state index contributed by atoms with van der Waals surface area (Å²) in [7, 11) is 9.24. The number of Topliss-reactive ketones (excluding diaryl/α,β-unsaturated/α-hetero) is 1. The molecule has 1 saturated heterocycles. The normalized spacial score (nSPS) is 14.0. The van der Waals surface area contributed by atoms with Gasteiger partial charge in [0.05, 0.1) is 49.3 Å². The molecule has 0 saturated carbocycles. The first kappa shape index (κ1) is 35.0. The van der Waals surface area contributed by atoms with Crippen LogP contribution in [0, 0.1) is 0 Å². The fraction of sp³-hybridized carbons (Fsp3) is 0.531. The zero-order chi connectivity index (χ0) is 31.8. The van der Waals surface area contributed by atoms with Gasteiger partial charge in [-0.1, -0.05) is 0 Å². The Labute approximate surface area is 254 Å². The van der Waals surface area contributed by atoms with Gasteiger partial charge in [0.2, 0.25) is 11.5 Å². The third kappa shape index (κ3) is 9.69. The topological polar surface area (TPSA) is 119 Å². The van der Waals surface area contributed by atoms with E-state index >= 15 is 0 Å². The summed E-state index contributed by atoms with van der Waals surface area (Å²) >= 11 is 0. The van der Waals surface area contributed by atoms with E-state index in [-0.39, 0.29) is 11.6 Å². The molecule has 0 bridgehead atoms. The smallest absolute Gasteiger partial charge is 0.295 e. The first-order valence-electron chi connectivity index (χ1n) is 14.3. The summed E-state index contributed by atoms with van der Waals surface area (Å²) in [5, 5.41) is 0. The summed E-state index contributed by atoms with van der Waals surface area (Å²) < 4.78 is 36.3. The molecule has 0 spiro atoms. The van der Waals surface area contributed by atoms with Crippen molar-refractivity contribution in [3.8, 4) is 34.5 Å². The van der Waals surface area contributed by atoms with Gasteiger partial charge in [0.1, 0.15) is 0 Å². The van der Waals surface area contributed by atoms with Crippen molar-refractivity contribution < 1.29 is 47.5 Å². The van der Waals surface area contributed by atoms with Crippen molar-refractivity contribution in [3.05, 3.63) is 35.4 Å². The average Bonchev–Trinajstić information content (AvgIpc) is 3.04. The number of rotatable bonds is 15. The van der Waals surface area contributed by atoms with Crippen LogP contribution in [0.4, 0.5) is 0 Å². The molecule has 0 radical (unpaired) electrons. The minimum Gasteiger partial charge on any atom is -0.493 e. The average molecular weight is 604 g/mol. The van der Waals surface area contributed by atoms with E-state index in [2.05, 4.69) is 4.74 Å². The summed E-state index contributed by atoms with van der Waals surface area (Å²) in [5.41, 5.74) is 1.37. The maximum atomic E-state index is 12.6. The van der Waals surface area contributed by atoms with Gasteiger partial charge in [-0.3, -0.25) is 14.4 Å². The van der Waals surface area contributed by atoms with E-state index in [9.17, 15) is 14.4 Å². The van der Waals surface area contributed by atoms with Crippen molar-refractivity contribution in [2.45, 2.75) is 57.9 Å². The quantitative estimate of drug-likeness (QED) is 0.120. The number of unbranched alkanes of at least 4 members (excludes halogenated alkanes) is 2. The second-order valence-electron chi connectivity index (χ2n) is 9.90. The number of amides is 1. The van der Waals surface area contributed by atoms with Crippen LogP contribution >= 0.6 is 0 Å². The number of likely N-dealkylation sites (tertiary alicyclic amines) is 1. The fourth-order valence-corrected chi connectivity index (χ4v) is 4.89. The highest BCUT2D eigenvalue weighted by Gasteiger charge is 2.30. The number of benzene rings is 2. The second-order valence-corrected chi connectivity index (χ2v) is 9.90. The van der Waals surface area contributed by atoms with Crippen molar-refractivity contribution in [1.82, 2.24) is 4.90 Å². The van der Waals surface area contributed by atoms with Gasteiger partial charge < -0.3 is 38.1 Å². The van der Waals surface area contributed by atoms with E-state index in [1.807, 2.05) is 19.1 Å². The number of ether oxygens (including phenoxy) is 7. The number of aryl methyl sites for hydroxylation is 1. The van der Waals surface area contributed by atoms with Gasteiger partial charge >= 0.3 is 0 Å². The van der Waals surface area contributed by atoms with Crippen molar-refractivity contribution in [3.63, 3.8) is 0 Å². The standard InChI is InChI=1S/C17H23NO5.C15H22O5/c1-11-7-5-6-8-18(11)17(20)15(19)12-9-13(21-2)16(23-4)14(10-12)22-3;1-17-13-9-12(7-5-4-6-8-20-11-16)10-14(18-2)15(13)19-3/h9-11H,5-8H2,1-4H3;9-11H,4-8H2,1-3H3. The van der Waals surface area contributed by atoms with Crippen LogP contribution in [0.3, 0.4) is 0 Å². The minimum atomic E-state index is -0.557. The van der Waals surface area contributed by atoms with Crippen molar-refractivity contribution in [1.29, 1.82) is 0 Å². The Bertz CT molecular complexity index is 1150. The lowest BCUT2D eigenvalue weighted by molar-refractivity contribution is -0.130. The molecule has 238 valence electrons. The Hall–Kier alpha value is -4.15. The van der Waals surface area contributed by atoms with Crippen molar-refractivity contribution in [2.24, 2.45) is 0 Å². The Morgan fingerprint density at radius 3 is 1.77 bits per heavy atom. The predicted molar refractivity (Wildman–Crippen MR) is 161 cm³/mol. The molecule has 2 aromatic rings. The number of methoxy groups -OCH3 is 6. The van der Waals surface area contributed by atoms with Gasteiger partial charge in [-0.15, -0.1) is 0 Å². The highest BCUT2D eigenvalue weighted by molar-refractivity contribution is 6.43. The van der Waals surface area contributed by atoms with E-state index in [1.165, 1.54) is 33.5 Å². The van der Waals surface area contributed by atoms with Crippen LogP contribution in [0.15, 0.2) is 24.3 Å². The van der Waals surface area contributed by atoms with Gasteiger partial charge in [0, 0.05) is 18.2 Å². The molecule has 11 nitrogen and oxygen atoms in total. The van der Waals surface area contributed by atoms with Gasteiger partial charge in [-0.05, 0) is 81.7 Å². The Kier molecular flexibility index (Phi) is 15.0. The molecule has 1 aliphatic heterocycles. The van der Waals surface area contributed by atoms with Crippen LogP contribution in [0.25, 0.3) is 0 Å². The van der Waals surface area contributed by atoms with Crippen LogP contribution in [0.5, 0.6) is 34.5 Å². The highest BCUT2D eigenvalue weighted by atomic mass is 16.5. The van der Waals surface area contributed by atoms with Crippen LogP contribution in [-0.2, 0) is 20.7 Å². The second kappa shape index (κ2) is 18.4. The lowest BCUT2D eigenvalue weighted by atomic mass is 10.0. The fourth-order valence-electron chi connectivity index (χ4n) is 4.89. The number of hydrogen-bond donors (Lipinski definition) is 0. The number of carbonyl (C=O) groups excluding carboxylic acids is 3. The van der Waals surface area contributed by atoms with Crippen LogP contribution < -0.4 is 28.4 Å². The molecular weight excluding hydrogens is 558 g/mol. The lowest BCUT2D eigenvalue weighted by Gasteiger charge is -2.32. The first-order valence-corrected chi connectivity index (χ1v) is 14.3. The number of nitrogens with zero attached hydrogens (tertiary/aromatic N) is 1. The molecule has 1 amide bonds. The van der Waals surface area contributed by atoms with Gasteiger partial charge in [-0.25, -0.2) is 0 Å². The summed E-state index contributed by atoms with van der Waals surface area (Å²) in [6, 6.07) is 7.03. The summed E-state index contributed by atoms with van der Waals surface area (Å²) in [4.78, 5) is 36.8. The molecule has 11 heteroatoms. The monoisotopic (exact) mass is 603 g/mol. The Morgan fingerprint density at radius 2 is 1.30 bits per heavy atom. The molecule has 0 aliphatic carbocycles. The lowest BCUT2D eigenvalue weighted by Crippen LogP contribution is -2.45. The number of piperidine rings is 1. The minimum absolute atomic E-state index is 0.0854. The molecule has 3 rings (SSSR count). The Balaban J connectivity index is 0.000000304. The maximum Gasteiger partial charge on any atom is 0.295 e. The molecule has 2 aromatic carbocycles. The van der Waals surface area contributed by atoms with Gasteiger partial charge in [-0.2, -0.15) is 0 Å². The van der Waals surface area contributed by atoms with E-state index in [4.69, 9.17) is 28.4 Å². The van der Waals surface area contributed by atoms with Gasteiger partial charge in [0.15, 0.2) is 23.0 Å². The first-order chi connectivity index (χ1) is 20.8. The molecule has 1 fully saturated rings. The SMILES string of the molecule is COc1cc(C(=O)C(=O)N2CCCCC2C)cc(OC)c1OC.COc1cc(CCCCCOC=O)cc(OC)c1OC. The van der Waals surface area contributed by atoms with Crippen LogP contribution in [0.1, 0.15) is 61.4 Å². The molecule has 0 aromatic heterocycles. The number of carbonyl (C=O) groups is 3. The number of ketones is 1. The van der Waals surface area contributed by atoms with E-state index < -0.39 is 11.7 Å². The third-order valence-corrected chi connectivity index (χ3v) is 7.21. The number of hydrogen-bond acceptors (Lipinski definition) is 10. The van der Waals surface area contributed by atoms with E-state index in [0.29, 0.717) is 54.1 Å². The molecule has 1 unspecified atom stereocenters. The summed E-state index contributed by atoms with van der Waals surface area (Å²) in [6.45, 7) is 3.56. The molecule has 1 heterocycles. The summed E-state index contributed by atoms with van der Waals surface area (Å²) in [6.07, 6.45) is 6.75. The van der Waals surface area contributed by atoms with Crippen molar-refractivity contribution in [2.75, 3.05) is 55.8 Å². The molecule has 43 heavy (non-hydrogen) atoms. The molecule has 0 N–H and O–H groups in total. The molecule has 1 aliphatic rings. The zero-order valence-corrected chi connectivity index (χ0v) is 26.4. The molecular formula is C32H45NO10. The van der Waals surface area contributed by atoms with E-state index in [0.717, 1.165) is 50.5 Å². The van der Waals surface area contributed by atoms with Crippen molar-refractivity contribution >= 4 is 18.2 Å². The summed E-state index contributed by atoms with van der Waals surface area (Å²) in [5.74, 6) is 2.02. The highest BCUT2D eigenvalue weighted by Crippen LogP contribution is 2.39. The Morgan fingerprint density at radius 1 is 0.767 bits per heavy atom. The van der Waals surface area contributed by atoms with Gasteiger partial charge in [0.25, 0.3) is 18.2 Å². The predicted octanol–water partition coefficient (Wildman–Crippen LogP) is 4.89. The largest absolute Gasteiger partial charge is 0.493 e. The maximum absolute atomic E-state index is 12.6. The zero-order valence-electron chi connectivity index (χ0n) is 26.4. The van der Waals surface area contributed by atoms with Crippen LogP contribution in [0.2, 0.25) is 0 Å².